The molecule has 4 nitrogen and oxygen atoms in total. The Morgan fingerprint density at radius 2 is 2.24 bits per heavy atom. The van der Waals surface area contributed by atoms with Crippen molar-refractivity contribution in [3.63, 3.8) is 0 Å². The maximum absolute atomic E-state index is 4.16. The second-order valence-corrected chi connectivity index (χ2v) is 4.50. The van der Waals surface area contributed by atoms with Gasteiger partial charge in [0, 0.05) is 25.0 Å². The molecule has 1 aliphatic rings. The van der Waals surface area contributed by atoms with Crippen LogP contribution in [0.15, 0.2) is 30.5 Å². The number of anilines is 1. The van der Waals surface area contributed by atoms with E-state index in [4.69, 9.17) is 0 Å². The number of aromatic nitrogens is 2. The molecule has 0 saturated carbocycles. The number of hydrogen-bond donors (Lipinski definition) is 1. The van der Waals surface area contributed by atoms with Crippen LogP contribution in [0.4, 0.5) is 5.69 Å². The molecule has 1 aromatic heterocycles. The SMILES string of the molecule is CN(c1cnnc2ccccc12)C1CCNC1. The number of benzene rings is 1. The van der Waals surface area contributed by atoms with E-state index in [1.807, 2.05) is 24.4 Å². The molecule has 1 aromatic carbocycles. The smallest absolute Gasteiger partial charge is 0.0950 e. The summed E-state index contributed by atoms with van der Waals surface area (Å²) in [6.07, 6.45) is 3.05. The summed E-state index contributed by atoms with van der Waals surface area (Å²) in [5, 5.41) is 12.8. The maximum atomic E-state index is 4.16. The van der Waals surface area contributed by atoms with Gasteiger partial charge in [0.05, 0.1) is 17.4 Å². The van der Waals surface area contributed by atoms with E-state index in [-0.39, 0.29) is 0 Å². The number of nitrogens with one attached hydrogen (secondary N) is 1. The van der Waals surface area contributed by atoms with E-state index < -0.39 is 0 Å². The van der Waals surface area contributed by atoms with Gasteiger partial charge in [-0.05, 0) is 19.0 Å². The fourth-order valence-electron chi connectivity index (χ4n) is 2.44. The van der Waals surface area contributed by atoms with Gasteiger partial charge in [0.15, 0.2) is 0 Å². The fourth-order valence-corrected chi connectivity index (χ4v) is 2.44. The van der Waals surface area contributed by atoms with Gasteiger partial charge >= 0.3 is 0 Å². The highest BCUT2D eigenvalue weighted by Gasteiger charge is 2.20. The van der Waals surface area contributed by atoms with Crippen molar-refractivity contribution in [3.05, 3.63) is 30.5 Å². The molecule has 88 valence electrons. The van der Waals surface area contributed by atoms with Crippen molar-refractivity contribution in [2.24, 2.45) is 0 Å². The van der Waals surface area contributed by atoms with Crippen LogP contribution in [-0.4, -0.2) is 36.4 Å². The first-order valence-electron chi connectivity index (χ1n) is 6.00. The van der Waals surface area contributed by atoms with Crippen LogP contribution in [0, 0.1) is 0 Å². The molecule has 0 spiro atoms. The van der Waals surface area contributed by atoms with Gasteiger partial charge in [-0.15, -0.1) is 0 Å². The number of nitrogens with zero attached hydrogens (tertiary/aromatic N) is 3. The summed E-state index contributed by atoms with van der Waals surface area (Å²) in [7, 11) is 2.14. The molecular formula is C13H16N4. The van der Waals surface area contributed by atoms with Crippen molar-refractivity contribution in [1.29, 1.82) is 0 Å². The van der Waals surface area contributed by atoms with E-state index in [0.717, 1.165) is 18.6 Å². The van der Waals surface area contributed by atoms with E-state index in [2.05, 4.69) is 33.5 Å². The zero-order valence-electron chi connectivity index (χ0n) is 9.93. The second-order valence-electron chi connectivity index (χ2n) is 4.50. The van der Waals surface area contributed by atoms with Crippen molar-refractivity contribution in [3.8, 4) is 0 Å². The van der Waals surface area contributed by atoms with E-state index in [0.29, 0.717) is 6.04 Å². The summed E-state index contributed by atoms with van der Waals surface area (Å²) in [6.45, 7) is 2.15. The molecule has 1 unspecified atom stereocenters. The van der Waals surface area contributed by atoms with E-state index in [1.165, 1.54) is 17.5 Å². The first kappa shape index (κ1) is 10.5. The summed E-state index contributed by atoms with van der Waals surface area (Å²) in [6, 6.07) is 8.72. The van der Waals surface area contributed by atoms with Crippen LogP contribution in [0.25, 0.3) is 10.9 Å². The Bertz CT molecular complexity index is 514. The zero-order valence-corrected chi connectivity index (χ0v) is 9.93. The number of fused-ring (bicyclic) bond motifs is 1. The number of hydrogen-bond acceptors (Lipinski definition) is 4. The maximum Gasteiger partial charge on any atom is 0.0950 e. The minimum atomic E-state index is 0.558. The van der Waals surface area contributed by atoms with Gasteiger partial charge in [-0.3, -0.25) is 0 Å². The third kappa shape index (κ3) is 1.85. The lowest BCUT2D eigenvalue weighted by Crippen LogP contribution is -2.33. The predicted octanol–water partition coefficient (Wildman–Crippen LogP) is 1.43. The molecule has 1 saturated heterocycles. The van der Waals surface area contributed by atoms with Gasteiger partial charge in [0.2, 0.25) is 0 Å². The number of likely N-dealkylation sites (N-methyl/N-ethyl adjacent to an activating group) is 1. The predicted molar refractivity (Wildman–Crippen MR) is 69.2 cm³/mol. The Balaban J connectivity index is 2.04. The van der Waals surface area contributed by atoms with Crippen LogP contribution >= 0.6 is 0 Å². The third-order valence-corrected chi connectivity index (χ3v) is 3.49. The van der Waals surface area contributed by atoms with Gasteiger partial charge in [-0.25, -0.2) is 0 Å². The highest BCUT2D eigenvalue weighted by molar-refractivity contribution is 5.90. The molecule has 0 bridgehead atoms. The molecule has 3 rings (SSSR count). The molecule has 1 aliphatic heterocycles. The molecule has 0 aliphatic carbocycles. The largest absolute Gasteiger partial charge is 0.368 e. The van der Waals surface area contributed by atoms with Crippen molar-refractivity contribution < 1.29 is 0 Å². The van der Waals surface area contributed by atoms with Crippen LogP contribution in [0.5, 0.6) is 0 Å². The summed E-state index contributed by atoms with van der Waals surface area (Å²) in [4.78, 5) is 2.32. The van der Waals surface area contributed by atoms with Crippen LogP contribution in [-0.2, 0) is 0 Å². The molecule has 0 radical (unpaired) electrons. The van der Waals surface area contributed by atoms with Crippen LogP contribution < -0.4 is 10.2 Å². The van der Waals surface area contributed by atoms with Gasteiger partial charge in [0.25, 0.3) is 0 Å². The molecule has 17 heavy (non-hydrogen) atoms. The van der Waals surface area contributed by atoms with Crippen molar-refractivity contribution >= 4 is 16.6 Å². The lowest BCUT2D eigenvalue weighted by atomic mass is 10.1. The molecule has 1 atom stereocenters. The Morgan fingerprint density at radius 1 is 1.35 bits per heavy atom. The fraction of sp³-hybridized carbons (Fsp3) is 0.385. The molecule has 1 N–H and O–H groups in total. The molecule has 4 heteroatoms. The Hall–Kier alpha value is -1.68. The number of rotatable bonds is 2. The van der Waals surface area contributed by atoms with Gasteiger partial charge in [-0.2, -0.15) is 10.2 Å². The van der Waals surface area contributed by atoms with Crippen molar-refractivity contribution in [2.75, 3.05) is 25.0 Å². The summed E-state index contributed by atoms with van der Waals surface area (Å²) >= 11 is 0. The quantitative estimate of drug-likeness (QED) is 0.844. The Labute approximate surface area is 101 Å². The minimum Gasteiger partial charge on any atom is -0.368 e. The Kier molecular flexibility index (Phi) is 2.65. The third-order valence-electron chi connectivity index (χ3n) is 3.49. The average Bonchev–Trinajstić information content (AvgIpc) is 2.91. The van der Waals surface area contributed by atoms with Crippen LogP contribution in [0.3, 0.4) is 0 Å². The topological polar surface area (TPSA) is 41.1 Å². The summed E-state index contributed by atoms with van der Waals surface area (Å²) in [5.41, 5.74) is 2.13. The summed E-state index contributed by atoms with van der Waals surface area (Å²) in [5.74, 6) is 0. The highest BCUT2D eigenvalue weighted by Crippen LogP contribution is 2.25. The van der Waals surface area contributed by atoms with Gasteiger partial charge in [-0.1, -0.05) is 18.2 Å². The van der Waals surface area contributed by atoms with Gasteiger partial charge in [0.1, 0.15) is 0 Å². The summed E-state index contributed by atoms with van der Waals surface area (Å²) < 4.78 is 0. The lowest BCUT2D eigenvalue weighted by molar-refractivity contribution is 0.686. The molecule has 2 aromatic rings. The second kappa shape index (κ2) is 4.30. The lowest BCUT2D eigenvalue weighted by Gasteiger charge is -2.26. The van der Waals surface area contributed by atoms with E-state index in [1.54, 1.807) is 0 Å². The van der Waals surface area contributed by atoms with Gasteiger partial charge < -0.3 is 10.2 Å². The normalized spacial score (nSPS) is 19.7. The van der Waals surface area contributed by atoms with E-state index in [9.17, 15) is 0 Å². The highest BCUT2D eigenvalue weighted by atomic mass is 15.2. The monoisotopic (exact) mass is 228 g/mol. The average molecular weight is 228 g/mol. The van der Waals surface area contributed by atoms with Crippen LogP contribution in [0.2, 0.25) is 0 Å². The first-order chi connectivity index (χ1) is 8.36. The Morgan fingerprint density at radius 3 is 3.06 bits per heavy atom. The minimum absolute atomic E-state index is 0.558. The van der Waals surface area contributed by atoms with Crippen LogP contribution in [0.1, 0.15) is 6.42 Å². The zero-order chi connectivity index (χ0) is 11.7. The molecule has 0 amide bonds. The standard InChI is InChI=1S/C13H16N4/c1-17(10-6-7-14-8-10)13-9-15-16-12-5-3-2-4-11(12)13/h2-5,9-10,14H,6-8H2,1H3. The molecular weight excluding hydrogens is 212 g/mol. The molecule has 1 fully saturated rings. The van der Waals surface area contributed by atoms with Crippen molar-refractivity contribution in [2.45, 2.75) is 12.5 Å². The van der Waals surface area contributed by atoms with E-state index >= 15 is 0 Å². The van der Waals surface area contributed by atoms with Crippen molar-refractivity contribution in [1.82, 2.24) is 15.5 Å². The molecule has 2 heterocycles. The first-order valence-corrected chi connectivity index (χ1v) is 6.00.